The zero-order chi connectivity index (χ0) is 12.0. The number of benzene rings is 1. The maximum absolute atomic E-state index is 13.1. The summed E-state index contributed by atoms with van der Waals surface area (Å²) in [5, 5.41) is 3.65. The van der Waals surface area contributed by atoms with Gasteiger partial charge in [0.1, 0.15) is 5.82 Å². The zero-order valence-corrected chi connectivity index (χ0v) is 8.84. The van der Waals surface area contributed by atoms with Gasteiger partial charge in [0.25, 0.3) is 5.56 Å². The van der Waals surface area contributed by atoms with E-state index in [9.17, 15) is 14.0 Å². The molecule has 3 rings (SSSR count). The topological polar surface area (TPSA) is 62.0 Å². The van der Waals surface area contributed by atoms with Crippen molar-refractivity contribution in [3.63, 3.8) is 0 Å². The molecule has 0 fully saturated rings. The van der Waals surface area contributed by atoms with Gasteiger partial charge in [0.15, 0.2) is 5.78 Å². The van der Waals surface area contributed by atoms with E-state index in [0.29, 0.717) is 23.2 Å². The lowest BCUT2D eigenvalue weighted by atomic mass is 9.98. The van der Waals surface area contributed by atoms with Gasteiger partial charge in [0.05, 0.1) is 11.9 Å². The number of carbonyl (C=O) groups excluding carboxylic acids is 1. The van der Waals surface area contributed by atoms with Crippen molar-refractivity contribution in [3.05, 3.63) is 45.6 Å². The van der Waals surface area contributed by atoms with Crippen molar-refractivity contribution in [2.45, 2.75) is 6.54 Å². The number of ketones is 1. The minimum Gasteiger partial charge on any atom is -0.324 e. The van der Waals surface area contributed by atoms with Gasteiger partial charge in [-0.1, -0.05) is 6.07 Å². The summed E-state index contributed by atoms with van der Waals surface area (Å²) in [6.07, 6.45) is 0. The molecule has 4 nitrogen and oxygen atoms in total. The molecule has 2 heterocycles. The first-order valence-electron chi connectivity index (χ1n) is 5.25. The molecule has 86 valence electrons. The van der Waals surface area contributed by atoms with Crippen LogP contribution in [0.2, 0.25) is 0 Å². The Bertz CT molecular complexity index is 691. The van der Waals surface area contributed by atoms with Gasteiger partial charge in [-0.2, -0.15) is 0 Å². The van der Waals surface area contributed by atoms with E-state index in [1.807, 2.05) is 0 Å². The van der Waals surface area contributed by atoms with Crippen LogP contribution in [0.1, 0.15) is 16.1 Å². The molecule has 0 bridgehead atoms. The van der Waals surface area contributed by atoms with Crippen LogP contribution >= 0.6 is 0 Å². The fourth-order valence-corrected chi connectivity index (χ4v) is 2.19. The molecule has 0 radical (unpaired) electrons. The second kappa shape index (κ2) is 3.49. The Hall–Kier alpha value is -2.01. The molecule has 0 saturated heterocycles. The van der Waals surface area contributed by atoms with Crippen LogP contribution in [0.5, 0.6) is 0 Å². The molecule has 1 aromatic carbocycles. The molecular formula is C12H9FN2O2. The Labute approximate surface area is 95.5 Å². The van der Waals surface area contributed by atoms with E-state index in [1.165, 1.54) is 12.1 Å². The first-order chi connectivity index (χ1) is 8.16. The third-order valence-corrected chi connectivity index (χ3v) is 2.93. The first kappa shape index (κ1) is 10.2. The fraction of sp³-hybridized carbons (Fsp3) is 0.167. The summed E-state index contributed by atoms with van der Waals surface area (Å²) in [5.74, 6) is -0.566. The highest BCUT2D eigenvalue weighted by Gasteiger charge is 2.21. The van der Waals surface area contributed by atoms with Crippen molar-refractivity contribution in [2.24, 2.45) is 0 Å². The van der Waals surface area contributed by atoms with Crippen molar-refractivity contribution in [1.29, 1.82) is 0 Å². The van der Waals surface area contributed by atoms with Crippen LogP contribution in [-0.2, 0) is 6.54 Å². The summed E-state index contributed by atoms with van der Waals surface area (Å²) >= 11 is 0. The van der Waals surface area contributed by atoms with Gasteiger partial charge in [0.2, 0.25) is 0 Å². The number of carbonyl (C=O) groups is 1. The molecule has 2 aromatic rings. The molecule has 0 atom stereocenters. The number of aromatic amines is 1. The molecule has 1 aromatic heterocycles. The van der Waals surface area contributed by atoms with Crippen molar-refractivity contribution >= 4 is 16.6 Å². The Kier molecular flexibility index (Phi) is 2.09. The molecule has 0 aliphatic carbocycles. The van der Waals surface area contributed by atoms with E-state index in [0.717, 1.165) is 6.07 Å². The minimum atomic E-state index is -0.482. The molecule has 17 heavy (non-hydrogen) atoms. The number of nitrogens with one attached hydrogen (secondary N) is 2. The minimum absolute atomic E-state index is 0.0842. The van der Waals surface area contributed by atoms with E-state index < -0.39 is 5.82 Å². The number of rotatable bonds is 0. The van der Waals surface area contributed by atoms with E-state index in [2.05, 4.69) is 10.3 Å². The lowest BCUT2D eigenvalue weighted by Crippen LogP contribution is -2.32. The van der Waals surface area contributed by atoms with Crippen LogP contribution in [0.3, 0.4) is 0 Å². The Morgan fingerprint density at radius 1 is 1.12 bits per heavy atom. The van der Waals surface area contributed by atoms with Crippen molar-refractivity contribution in [1.82, 2.24) is 10.3 Å². The number of halogens is 1. The Morgan fingerprint density at radius 2 is 1.94 bits per heavy atom. The Morgan fingerprint density at radius 3 is 2.76 bits per heavy atom. The molecule has 0 saturated carbocycles. The van der Waals surface area contributed by atoms with Gasteiger partial charge in [-0.05, 0) is 12.1 Å². The van der Waals surface area contributed by atoms with E-state index in [-0.39, 0.29) is 23.3 Å². The maximum atomic E-state index is 13.1. The summed E-state index contributed by atoms with van der Waals surface area (Å²) in [5.41, 5.74) is 0.707. The van der Waals surface area contributed by atoms with E-state index >= 15 is 0 Å². The van der Waals surface area contributed by atoms with Crippen LogP contribution in [-0.4, -0.2) is 17.3 Å². The second-order valence-corrected chi connectivity index (χ2v) is 4.02. The first-order valence-corrected chi connectivity index (χ1v) is 5.25. The SMILES string of the molecule is O=C1CNCc2[nH]c(=O)c3cc(F)ccc3c21. The standard InChI is InChI=1S/C12H9FN2O2/c13-6-1-2-7-8(3-6)12(17)15-9-4-14-5-10(16)11(7)9/h1-3,14H,4-5H2,(H,15,17). The molecule has 1 aliphatic rings. The molecule has 0 spiro atoms. The van der Waals surface area contributed by atoms with Crippen molar-refractivity contribution in [3.8, 4) is 0 Å². The van der Waals surface area contributed by atoms with Crippen LogP contribution in [0.15, 0.2) is 23.0 Å². The Balaban J connectivity index is 2.48. The quantitative estimate of drug-likeness (QED) is 0.711. The summed E-state index contributed by atoms with van der Waals surface area (Å²) in [4.78, 5) is 26.2. The van der Waals surface area contributed by atoms with Crippen molar-refractivity contribution in [2.75, 3.05) is 6.54 Å². The number of hydrogen-bond acceptors (Lipinski definition) is 3. The van der Waals surface area contributed by atoms with Gasteiger partial charge < -0.3 is 10.3 Å². The van der Waals surface area contributed by atoms with Gasteiger partial charge in [-0.3, -0.25) is 9.59 Å². The summed E-state index contributed by atoms with van der Waals surface area (Å²) in [6, 6.07) is 3.91. The number of hydrogen-bond donors (Lipinski definition) is 2. The van der Waals surface area contributed by atoms with Gasteiger partial charge in [-0.15, -0.1) is 0 Å². The summed E-state index contributed by atoms with van der Waals surface area (Å²) in [6.45, 7) is 0.690. The van der Waals surface area contributed by atoms with E-state index in [4.69, 9.17) is 0 Å². The third-order valence-electron chi connectivity index (χ3n) is 2.93. The molecule has 1 aliphatic heterocycles. The van der Waals surface area contributed by atoms with E-state index in [1.54, 1.807) is 0 Å². The second-order valence-electron chi connectivity index (χ2n) is 4.02. The van der Waals surface area contributed by atoms with Crippen LogP contribution in [0, 0.1) is 5.82 Å². The van der Waals surface area contributed by atoms with Crippen LogP contribution in [0.25, 0.3) is 10.8 Å². The third kappa shape index (κ3) is 1.47. The normalized spacial score (nSPS) is 15.0. The van der Waals surface area contributed by atoms with Gasteiger partial charge in [0, 0.05) is 23.2 Å². The number of Topliss-reactive ketones (excluding diaryl/α,β-unsaturated/α-hetero) is 1. The largest absolute Gasteiger partial charge is 0.324 e. The predicted molar refractivity (Wildman–Crippen MR) is 60.6 cm³/mol. The molecule has 2 N–H and O–H groups in total. The number of H-pyrrole nitrogens is 1. The highest BCUT2D eigenvalue weighted by atomic mass is 19.1. The molecule has 5 heteroatoms. The van der Waals surface area contributed by atoms with Gasteiger partial charge in [-0.25, -0.2) is 4.39 Å². The molecular weight excluding hydrogens is 223 g/mol. The van der Waals surface area contributed by atoms with Gasteiger partial charge >= 0.3 is 0 Å². The zero-order valence-electron chi connectivity index (χ0n) is 8.84. The van der Waals surface area contributed by atoms with Crippen LogP contribution < -0.4 is 10.9 Å². The lowest BCUT2D eigenvalue weighted by Gasteiger charge is -2.17. The maximum Gasteiger partial charge on any atom is 0.256 e. The lowest BCUT2D eigenvalue weighted by molar-refractivity contribution is 0.0983. The van der Waals surface area contributed by atoms with Crippen molar-refractivity contribution < 1.29 is 9.18 Å². The average molecular weight is 232 g/mol. The highest BCUT2D eigenvalue weighted by Crippen LogP contribution is 2.21. The smallest absolute Gasteiger partial charge is 0.256 e. The summed E-state index contributed by atoms with van der Waals surface area (Å²) in [7, 11) is 0. The average Bonchev–Trinajstić information content (AvgIpc) is 2.30. The molecule has 0 amide bonds. The predicted octanol–water partition coefficient (Wildman–Crippen LogP) is 0.953. The number of pyridine rings is 1. The fourth-order valence-electron chi connectivity index (χ4n) is 2.19. The summed E-state index contributed by atoms with van der Waals surface area (Å²) < 4.78 is 13.1. The highest BCUT2D eigenvalue weighted by molar-refractivity contribution is 6.10. The van der Waals surface area contributed by atoms with Crippen LogP contribution in [0.4, 0.5) is 4.39 Å². The molecule has 0 unspecified atom stereocenters. The number of fused-ring (bicyclic) bond motifs is 3. The monoisotopic (exact) mass is 232 g/mol. The number of aromatic nitrogens is 1.